The molecule has 0 heterocycles. The normalized spacial score (nSPS) is 21.5. The first-order valence-corrected chi connectivity index (χ1v) is 13.7. The number of amides is 2. The lowest BCUT2D eigenvalue weighted by Crippen LogP contribution is -2.57. The van der Waals surface area contributed by atoms with Crippen molar-refractivity contribution < 1.29 is 28.9 Å². The van der Waals surface area contributed by atoms with Crippen LogP contribution in [0.15, 0.2) is 60.2 Å². The first-order valence-electron chi connectivity index (χ1n) is 12.6. The molecular formula is C28H32FIN2O5. The molecule has 2 amide bonds. The number of benzene rings is 2. The van der Waals surface area contributed by atoms with Crippen LogP contribution in [0.2, 0.25) is 0 Å². The Morgan fingerprint density at radius 3 is 2.62 bits per heavy atom. The fourth-order valence-electron chi connectivity index (χ4n) is 4.74. The minimum atomic E-state index is -1.08. The molecule has 2 aromatic carbocycles. The summed E-state index contributed by atoms with van der Waals surface area (Å²) in [5, 5.41) is 23.3. The topological polar surface area (TPSA) is 99.1 Å². The standard InChI is InChI=1S/C28H32FIN2O5/c29-21-8-3-5-18(15-21)11-13-32(28(36)19-6-4-7-19)23-16-20(27(35)31-12-14-33)17-25(26(23)34)37-24-10-2-1-9-22(24)30/h1-3,5,8-10,15,17,19,23,25-26,33-34H,4,6-7,11-14,16H2,(H,31,35)/t23-,25+,26+/m1/s1. The number of nitrogens with zero attached hydrogens (tertiary/aromatic N) is 1. The molecule has 2 aliphatic rings. The summed E-state index contributed by atoms with van der Waals surface area (Å²) >= 11 is 2.14. The molecule has 2 aromatic rings. The van der Waals surface area contributed by atoms with Crippen molar-refractivity contribution in [1.82, 2.24) is 10.2 Å². The SMILES string of the molecule is O=C(NCCO)C1=C[C@H](Oc2ccccc2I)[C@@H](O)[C@H](N(CCc2cccc(F)c2)C(=O)C2CCC2)C1. The summed E-state index contributed by atoms with van der Waals surface area (Å²) in [4.78, 5) is 28.1. The highest BCUT2D eigenvalue weighted by Gasteiger charge is 2.42. The summed E-state index contributed by atoms with van der Waals surface area (Å²) in [5.74, 6) is -0.327. The van der Waals surface area contributed by atoms with Gasteiger partial charge in [-0.15, -0.1) is 0 Å². The molecule has 7 nitrogen and oxygen atoms in total. The van der Waals surface area contributed by atoms with E-state index in [2.05, 4.69) is 27.9 Å². The second kappa shape index (κ2) is 12.8. The predicted octanol–water partition coefficient (Wildman–Crippen LogP) is 3.22. The van der Waals surface area contributed by atoms with Gasteiger partial charge in [-0.2, -0.15) is 0 Å². The van der Waals surface area contributed by atoms with Crippen LogP contribution in [0, 0.1) is 15.3 Å². The zero-order chi connectivity index (χ0) is 26.4. The van der Waals surface area contributed by atoms with E-state index in [9.17, 15) is 19.1 Å². The lowest BCUT2D eigenvalue weighted by Gasteiger charge is -2.43. The van der Waals surface area contributed by atoms with Crippen LogP contribution in [0.3, 0.4) is 0 Å². The van der Waals surface area contributed by atoms with Crippen molar-refractivity contribution in [3.05, 3.63) is 75.1 Å². The van der Waals surface area contributed by atoms with Gasteiger partial charge in [0.15, 0.2) is 0 Å². The number of para-hydroxylation sites is 1. The smallest absolute Gasteiger partial charge is 0.247 e. The Kier molecular flexibility index (Phi) is 9.55. The fourth-order valence-corrected chi connectivity index (χ4v) is 5.25. The molecule has 0 bridgehead atoms. The van der Waals surface area contributed by atoms with Gasteiger partial charge in [-0.25, -0.2) is 4.39 Å². The number of aliphatic hydroxyl groups excluding tert-OH is 2. The molecule has 37 heavy (non-hydrogen) atoms. The molecule has 9 heteroatoms. The third-order valence-corrected chi connectivity index (χ3v) is 7.87. The van der Waals surface area contributed by atoms with Crippen molar-refractivity contribution in [2.75, 3.05) is 19.7 Å². The first kappa shape index (κ1) is 27.5. The van der Waals surface area contributed by atoms with E-state index in [-0.39, 0.29) is 49.7 Å². The minimum absolute atomic E-state index is 0.0586. The van der Waals surface area contributed by atoms with Crippen molar-refractivity contribution in [1.29, 1.82) is 0 Å². The number of carbonyl (C=O) groups excluding carboxylic acids is 2. The Bertz CT molecular complexity index is 1140. The van der Waals surface area contributed by atoms with Gasteiger partial charge in [0.05, 0.1) is 16.2 Å². The number of ether oxygens (including phenoxy) is 1. The van der Waals surface area contributed by atoms with Crippen molar-refractivity contribution in [2.45, 2.75) is 50.4 Å². The zero-order valence-electron chi connectivity index (χ0n) is 20.5. The zero-order valence-corrected chi connectivity index (χ0v) is 22.6. The van der Waals surface area contributed by atoms with Crippen molar-refractivity contribution in [2.24, 2.45) is 5.92 Å². The van der Waals surface area contributed by atoms with Gasteiger partial charge in [0, 0.05) is 31.0 Å². The number of hydrogen-bond acceptors (Lipinski definition) is 5. The third kappa shape index (κ3) is 6.88. The Morgan fingerprint density at radius 1 is 1.16 bits per heavy atom. The molecule has 0 aliphatic heterocycles. The molecule has 0 saturated heterocycles. The molecule has 3 N–H and O–H groups in total. The van der Waals surface area contributed by atoms with Crippen molar-refractivity contribution in [3.63, 3.8) is 0 Å². The molecule has 198 valence electrons. The predicted molar refractivity (Wildman–Crippen MR) is 145 cm³/mol. The Hall–Kier alpha value is -2.50. The number of rotatable bonds is 10. The molecule has 1 fully saturated rings. The van der Waals surface area contributed by atoms with Crippen molar-refractivity contribution >= 4 is 34.4 Å². The van der Waals surface area contributed by atoms with Crippen LogP contribution in [0.5, 0.6) is 5.75 Å². The minimum Gasteiger partial charge on any atom is -0.482 e. The molecule has 0 radical (unpaired) electrons. The average molecular weight is 622 g/mol. The summed E-state index contributed by atoms with van der Waals surface area (Å²) in [5.41, 5.74) is 1.14. The lowest BCUT2D eigenvalue weighted by atomic mass is 9.82. The van der Waals surface area contributed by atoms with Gasteiger partial charge in [0.1, 0.15) is 23.8 Å². The molecule has 0 unspecified atom stereocenters. The van der Waals surface area contributed by atoms with Gasteiger partial charge in [-0.3, -0.25) is 9.59 Å². The highest BCUT2D eigenvalue weighted by atomic mass is 127. The van der Waals surface area contributed by atoms with Crippen LogP contribution in [0.1, 0.15) is 31.2 Å². The highest BCUT2D eigenvalue weighted by Crippen LogP contribution is 2.34. The van der Waals surface area contributed by atoms with Gasteiger partial charge in [-0.1, -0.05) is 30.7 Å². The van der Waals surface area contributed by atoms with E-state index in [1.807, 2.05) is 24.3 Å². The Labute approximate surface area is 229 Å². The molecular weight excluding hydrogens is 590 g/mol. The maximum absolute atomic E-state index is 13.8. The molecule has 1 saturated carbocycles. The summed E-state index contributed by atoms with van der Waals surface area (Å²) in [6.45, 7) is 0.171. The van der Waals surface area contributed by atoms with E-state index >= 15 is 0 Å². The second-order valence-corrected chi connectivity index (χ2v) is 10.6. The maximum atomic E-state index is 13.8. The number of carbonyl (C=O) groups is 2. The van der Waals surface area contributed by atoms with Gasteiger partial charge in [0.2, 0.25) is 11.8 Å². The second-order valence-electron chi connectivity index (χ2n) is 9.49. The Morgan fingerprint density at radius 2 is 1.95 bits per heavy atom. The summed E-state index contributed by atoms with van der Waals surface area (Å²) < 4.78 is 20.8. The van der Waals surface area contributed by atoms with Crippen molar-refractivity contribution in [3.8, 4) is 5.75 Å². The number of nitrogens with one attached hydrogen (secondary N) is 1. The quantitative estimate of drug-likeness (QED) is 0.354. The van der Waals surface area contributed by atoms with E-state index in [4.69, 9.17) is 9.84 Å². The van der Waals surface area contributed by atoms with Crippen LogP contribution in [0.4, 0.5) is 4.39 Å². The summed E-state index contributed by atoms with van der Waals surface area (Å²) in [7, 11) is 0. The van der Waals surface area contributed by atoms with E-state index in [1.165, 1.54) is 12.1 Å². The summed E-state index contributed by atoms with van der Waals surface area (Å²) in [6.07, 6.45) is 2.78. The van der Waals surface area contributed by atoms with E-state index < -0.39 is 18.2 Å². The van der Waals surface area contributed by atoms with Crippen LogP contribution in [0.25, 0.3) is 0 Å². The lowest BCUT2D eigenvalue weighted by molar-refractivity contribution is -0.145. The Balaban J connectivity index is 1.63. The van der Waals surface area contributed by atoms with Gasteiger partial charge in [-0.05, 0) is 77.8 Å². The largest absolute Gasteiger partial charge is 0.482 e. The van der Waals surface area contributed by atoms with Crippen LogP contribution >= 0.6 is 22.6 Å². The summed E-state index contributed by atoms with van der Waals surface area (Å²) in [6, 6.07) is 12.9. The molecule has 2 aliphatic carbocycles. The first-order chi connectivity index (χ1) is 17.9. The monoisotopic (exact) mass is 622 g/mol. The molecule has 0 aromatic heterocycles. The van der Waals surface area contributed by atoms with Crippen LogP contribution in [-0.4, -0.2) is 64.9 Å². The highest BCUT2D eigenvalue weighted by molar-refractivity contribution is 14.1. The average Bonchev–Trinajstić information content (AvgIpc) is 2.85. The van der Waals surface area contributed by atoms with Crippen LogP contribution in [-0.2, 0) is 16.0 Å². The molecule has 4 rings (SSSR count). The molecule has 0 spiro atoms. The third-order valence-electron chi connectivity index (χ3n) is 6.98. The van der Waals surface area contributed by atoms with Gasteiger partial charge < -0.3 is 25.2 Å². The van der Waals surface area contributed by atoms with Gasteiger partial charge in [0.25, 0.3) is 0 Å². The molecule has 3 atom stereocenters. The van der Waals surface area contributed by atoms with E-state index in [0.29, 0.717) is 17.7 Å². The fraction of sp³-hybridized carbons (Fsp3) is 0.429. The van der Waals surface area contributed by atoms with E-state index in [1.54, 1.807) is 23.1 Å². The maximum Gasteiger partial charge on any atom is 0.247 e. The number of hydrogen-bond donors (Lipinski definition) is 3. The number of halogens is 2. The number of aliphatic hydroxyl groups is 2. The van der Waals surface area contributed by atoms with Gasteiger partial charge >= 0.3 is 0 Å². The van der Waals surface area contributed by atoms with Crippen LogP contribution < -0.4 is 10.1 Å². The van der Waals surface area contributed by atoms with E-state index in [0.717, 1.165) is 28.4 Å².